The minimum Gasteiger partial charge on any atom is -0.467 e. The van der Waals surface area contributed by atoms with Gasteiger partial charge in [-0.3, -0.25) is 0 Å². The van der Waals surface area contributed by atoms with E-state index < -0.39 is 23.2 Å². The maximum atomic E-state index is 14.0. The lowest BCUT2D eigenvalue weighted by Crippen LogP contribution is -2.25. The largest absolute Gasteiger partial charge is 0.467 e. The fourth-order valence-electron chi connectivity index (χ4n) is 6.02. The summed E-state index contributed by atoms with van der Waals surface area (Å²) in [6.45, 7) is 19.0. The summed E-state index contributed by atoms with van der Waals surface area (Å²) in [6, 6.07) is 11.9. The summed E-state index contributed by atoms with van der Waals surface area (Å²) in [4.78, 5) is 0.331. The Morgan fingerprint density at radius 3 is 2.41 bits per heavy atom. The molecule has 0 amide bonds. The number of allylic oxidation sites excluding steroid dienone is 5. The first-order valence-corrected chi connectivity index (χ1v) is 24.0. The van der Waals surface area contributed by atoms with Gasteiger partial charge in [-0.1, -0.05) is 72.8 Å². The monoisotopic (exact) mass is 740 g/mol. The molecule has 1 saturated heterocycles. The summed E-state index contributed by atoms with van der Waals surface area (Å²) >= 11 is 0. The summed E-state index contributed by atoms with van der Waals surface area (Å²) in [5.74, 6) is 1.57. The third-order valence-electron chi connectivity index (χ3n) is 9.44. The molecule has 1 N–H and O–H groups in total. The first kappa shape index (κ1) is 42.7. The fourth-order valence-corrected chi connectivity index (χ4v) is 8.56. The van der Waals surface area contributed by atoms with Crippen LogP contribution in [-0.4, -0.2) is 59.8 Å². The maximum Gasteiger partial charge on any atom is 0.199 e. The fraction of sp³-hybridized carbons (Fsp3) is 0.571. The van der Waals surface area contributed by atoms with Crippen LogP contribution in [0.15, 0.2) is 76.2 Å². The first-order valence-electron chi connectivity index (χ1n) is 18.7. The number of hydrogen-bond donors (Lipinski definition) is 1. The van der Waals surface area contributed by atoms with Gasteiger partial charge in [-0.2, -0.15) is 0 Å². The lowest BCUT2D eigenvalue weighted by atomic mass is 9.99. The molecule has 3 rings (SSSR count). The van der Waals surface area contributed by atoms with Gasteiger partial charge >= 0.3 is 0 Å². The van der Waals surface area contributed by atoms with E-state index in [1.54, 1.807) is 24.3 Å². The average molecular weight is 741 g/mol. The number of sulfone groups is 1. The van der Waals surface area contributed by atoms with Crippen molar-refractivity contribution in [3.05, 3.63) is 88.0 Å². The molecule has 0 radical (unpaired) electrons. The minimum absolute atomic E-state index is 0.171. The second kappa shape index (κ2) is 21.1. The average Bonchev–Trinajstić information content (AvgIpc) is 3.09. The van der Waals surface area contributed by atoms with Crippen molar-refractivity contribution in [2.75, 3.05) is 26.6 Å². The zero-order valence-corrected chi connectivity index (χ0v) is 34.4. The van der Waals surface area contributed by atoms with E-state index in [9.17, 15) is 8.42 Å². The van der Waals surface area contributed by atoms with Gasteiger partial charge in [0.15, 0.2) is 22.9 Å². The molecule has 0 aromatic heterocycles. The van der Waals surface area contributed by atoms with Gasteiger partial charge in [0.2, 0.25) is 0 Å². The molecule has 1 aliphatic heterocycles. The molecule has 0 bridgehead atoms. The van der Waals surface area contributed by atoms with Crippen molar-refractivity contribution >= 4 is 17.9 Å². The molecule has 51 heavy (non-hydrogen) atoms. The molecule has 2 atom stereocenters. The van der Waals surface area contributed by atoms with Gasteiger partial charge in [-0.25, -0.2) is 8.42 Å². The van der Waals surface area contributed by atoms with Gasteiger partial charge in [-0.15, -0.1) is 0 Å². The summed E-state index contributed by atoms with van der Waals surface area (Å²) in [6.07, 6.45) is 13.1. The van der Waals surface area contributed by atoms with Crippen LogP contribution >= 0.6 is 0 Å². The van der Waals surface area contributed by atoms with E-state index in [-0.39, 0.29) is 19.7 Å². The van der Waals surface area contributed by atoms with E-state index in [0.717, 1.165) is 90.3 Å². The molecular weight excluding hydrogens is 677 g/mol. The highest BCUT2D eigenvalue weighted by atomic mass is 32.2. The van der Waals surface area contributed by atoms with E-state index in [1.807, 2.05) is 26.0 Å². The highest BCUT2D eigenvalue weighted by molar-refractivity contribution is 7.92. The first-order chi connectivity index (χ1) is 24.2. The molecule has 1 fully saturated rings. The van der Waals surface area contributed by atoms with E-state index >= 15 is 0 Å². The maximum absolute atomic E-state index is 14.0. The Kier molecular flexibility index (Phi) is 17.7. The molecule has 0 saturated carbocycles. The molecule has 7 nitrogen and oxygen atoms in total. The number of aliphatic hydroxyl groups is 1. The van der Waals surface area contributed by atoms with E-state index in [4.69, 9.17) is 24.1 Å². The Morgan fingerprint density at radius 2 is 1.75 bits per heavy atom. The van der Waals surface area contributed by atoms with Gasteiger partial charge in [-0.05, 0) is 121 Å². The van der Waals surface area contributed by atoms with Crippen molar-refractivity contribution < 1.29 is 32.5 Å². The molecule has 2 aromatic rings. The number of benzene rings is 2. The van der Waals surface area contributed by atoms with Gasteiger partial charge in [0.05, 0.1) is 16.8 Å². The smallest absolute Gasteiger partial charge is 0.199 e. The Labute approximate surface area is 310 Å². The second-order valence-electron chi connectivity index (χ2n) is 15.3. The highest BCUT2D eigenvalue weighted by Crippen LogP contribution is 2.36. The Bertz CT molecular complexity index is 1570. The third-order valence-corrected chi connectivity index (χ3v) is 13.2. The van der Waals surface area contributed by atoms with Crippen molar-refractivity contribution in [1.82, 2.24) is 0 Å². The van der Waals surface area contributed by atoms with Crippen LogP contribution in [0.25, 0.3) is 0 Å². The van der Waals surface area contributed by atoms with Crippen LogP contribution in [0.2, 0.25) is 25.7 Å². The van der Waals surface area contributed by atoms with Crippen molar-refractivity contribution in [3.8, 4) is 11.5 Å². The summed E-state index contributed by atoms with van der Waals surface area (Å²) in [5.41, 5.74) is 6.26. The Morgan fingerprint density at radius 1 is 1.00 bits per heavy atom. The molecule has 2 unspecified atom stereocenters. The topological polar surface area (TPSA) is 91.3 Å². The minimum atomic E-state index is -3.63. The third kappa shape index (κ3) is 14.7. The van der Waals surface area contributed by atoms with Crippen LogP contribution in [0.3, 0.4) is 0 Å². The second-order valence-corrected chi connectivity index (χ2v) is 23.1. The Balaban J connectivity index is 1.88. The molecule has 2 aromatic carbocycles. The molecule has 0 spiro atoms. The quantitative estimate of drug-likeness (QED) is 0.0590. The van der Waals surface area contributed by atoms with Crippen molar-refractivity contribution in [2.45, 2.75) is 135 Å². The molecule has 1 aliphatic rings. The van der Waals surface area contributed by atoms with Crippen molar-refractivity contribution in [2.24, 2.45) is 0 Å². The van der Waals surface area contributed by atoms with Gasteiger partial charge in [0.25, 0.3) is 0 Å². The lowest BCUT2D eigenvalue weighted by Gasteiger charge is -2.26. The summed E-state index contributed by atoms with van der Waals surface area (Å²) in [7, 11) is -4.85. The normalized spacial score (nSPS) is 17.0. The van der Waals surface area contributed by atoms with Crippen LogP contribution in [-0.2, 0) is 25.7 Å². The molecular formula is C42H64O7SSi. The van der Waals surface area contributed by atoms with E-state index in [2.05, 4.69) is 58.6 Å². The van der Waals surface area contributed by atoms with Crippen LogP contribution in [0, 0.1) is 13.8 Å². The predicted molar refractivity (Wildman–Crippen MR) is 212 cm³/mol. The lowest BCUT2D eigenvalue weighted by molar-refractivity contribution is -0.106. The number of hydrogen-bond acceptors (Lipinski definition) is 7. The highest BCUT2D eigenvalue weighted by Gasteiger charge is 2.26. The van der Waals surface area contributed by atoms with Gasteiger partial charge < -0.3 is 24.1 Å². The van der Waals surface area contributed by atoms with Gasteiger partial charge in [0.1, 0.15) is 11.5 Å². The number of aliphatic hydroxyl groups excluding tert-OH is 1. The zero-order valence-electron chi connectivity index (χ0n) is 32.6. The van der Waals surface area contributed by atoms with Crippen LogP contribution in [0.5, 0.6) is 11.5 Å². The van der Waals surface area contributed by atoms with Crippen LogP contribution in [0.4, 0.5) is 0 Å². The van der Waals surface area contributed by atoms with E-state index in [0.29, 0.717) is 31.0 Å². The zero-order chi connectivity index (χ0) is 37.4. The standard InChI is InChI=1S/C42H64O7SSi/c1-32(18-15-24-43)16-14-17-33(2)28-39(50(44,45)38-19-10-9-11-20-38)29-34(3)22-23-37-30-40(49-41-21-12-13-25-47-41)35(4)36(5)42(37)48-31-46-26-27-51(6,7)8/h9-11,16,19-20,22,28,30,39,41,43H,12-15,17-18,21,23-27,29,31H2,1-8H3/b32-16+,33-28+,34-22-. The molecule has 1 heterocycles. The Hall–Kier alpha value is -2.69. The van der Waals surface area contributed by atoms with Crippen molar-refractivity contribution in [3.63, 3.8) is 0 Å². The van der Waals surface area contributed by atoms with Crippen LogP contribution < -0.4 is 9.47 Å². The van der Waals surface area contributed by atoms with Crippen molar-refractivity contribution in [1.29, 1.82) is 0 Å². The summed E-state index contributed by atoms with van der Waals surface area (Å²) < 4.78 is 52.6. The molecule has 9 heteroatoms. The van der Waals surface area contributed by atoms with E-state index in [1.165, 1.54) is 5.57 Å². The van der Waals surface area contributed by atoms with Gasteiger partial charge in [0, 0.05) is 33.3 Å². The van der Waals surface area contributed by atoms with Crippen LogP contribution in [0.1, 0.15) is 88.8 Å². The number of ether oxygens (including phenoxy) is 4. The molecule has 284 valence electrons. The summed E-state index contributed by atoms with van der Waals surface area (Å²) in [5, 5.41) is 8.44. The number of rotatable bonds is 21. The SMILES string of the molecule is C/C(=C/Cc1cc(OC2CCCCO2)c(C)c(C)c1OCOCC[Si](C)(C)C)CC(/C=C(\C)CC/C=C(\C)CCCO)S(=O)(=O)c1ccccc1. The molecule has 0 aliphatic carbocycles. The predicted octanol–water partition coefficient (Wildman–Crippen LogP) is 10.1.